The number of alkyl halides is 4. The molecule has 0 unspecified atom stereocenters. The summed E-state index contributed by atoms with van der Waals surface area (Å²) < 4.78 is 69.6. The summed E-state index contributed by atoms with van der Waals surface area (Å²) in [4.78, 5) is 6.87. The third-order valence-electron chi connectivity index (χ3n) is 11.9. The van der Waals surface area contributed by atoms with Crippen LogP contribution in [0.3, 0.4) is 0 Å². The number of hydrogen-bond donors (Lipinski definition) is 0. The fraction of sp³-hybridized carbons (Fsp3) is 0.0345. The van der Waals surface area contributed by atoms with E-state index in [2.05, 4.69) is 9.58 Å². The van der Waals surface area contributed by atoms with Gasteiger partial charge in [-0.1, -0.05) is 170 Å². The van der Waals surface area contributed by atoms with Gasteiger partial charge in [-0.05, 0) is 93.0 Å². The Hall–Kier alpha value is -8.76. The molecule has 9 heteroatoms. The van der Waals surface area contributed by atoms with Crippen LogP contribution in [0, 0.1) is 17.9 Å². The van der Waals surface area contributed by atoms with Crippen LogP contribution < -0.4 is 9.80 Å². The van der Waals surface area contributed by atoms with Crippen LogP contribution in [-0.4, -0.2) is 0 Å². The number of fused-ring (bicyclic) bond motifs is 1. The second-order valence-corrected chi connectivity index (χ2v) is 15.9. The standard InChI is InChI=1S/C58H36F4N4O/c1-64-54-53-52(57(59,60)67-58(53,61)62)51(38-63)55(65(47-30-22-43(23-31-47)39-14-6-2-7-15-39)48-32-24-44(25-33-48)40-16-8-3-9-17-40)56(54)66(49-34-26-45(27-35-49)41-18-10-4-11-19-41)50-36-28-46(29-37-50)42-20-12-5-13-21-42/h2-37H. The Balaban J connectivity index is 1.30. The molecule has 0 saturated heterocycles. The van der Waals surface area contributed by atoms with Gasteiger partial charge in [0.05, 0.1) is 34.6 Å². The number of nitrogens with zero attached hydrogens (tertiary/aromatic N) is 4. The van der Waals surface area contributed by atoms with Gasteiger partial charge in [-0.2, -0.15) is 22.8 Å². The second-order valence-electron chi connectivity index (χ2n) is 15.9. The molecule has 0 spiro atoms. The first-order valence-corrected chi connectivity index (χ1v) is 21.4. The number of rotatable bonds is 10. The number of ether oxygens (including phenoxy) is 1. The number of nitriles is 1. The lowest BCUT2D eigenvalue weighted by Gasteiger charge is -2.36. The van der Waals surface area contributed by atoms with E-state index >= 15 is 17.6 Å². The van der Waals surface area contributed by atoms with Crippen LogP contribution in [0.15, 0.2) is 218 Å². The highest BCUT2D eigenvalue weighted by Gasteiger charge is 2.61. The highest BCUT2D eigenvalue weighted by molar-refractivity contribution is 6.03. The third kappa shape index (κ3) is 7.84. The monoisotopic (exact) mass is 880 g/mol. The number of halogens is 4. The topological polar surface area (TPSA) is 43.9 Å². The van der Waals surface area contributed by atoms with E-state index in [0.29, 0.717) is 22.7 Å². The molecule has 9 aromatic carbocycles. The Labute approximate surface area is 385 Å². The van der Waals surface area contributed by atoms with E-state index < -0.39 is 34.6 Å². The molecule has 1 aliphatic rings. The Morgan fingerprint density at radius 2 is 0.657 bits per heavy atom. The molecule has 10 rings (SSSR count). The number of hydrogen-bond acceptors (Lipinski definition) is 4. The van der Waals surface area contributed by atoms with Crippen molar-refractivity contribution in [3.8, 4) is 50.6 Å². The molecule has 0 aromatic heterocycles. The highest BCUT2D eigenvalue weighted by atomic mass is 19.3. The van der Waals surface area contributed by atoms with E-state index in [4.69, 9.17) is 6.57 Å². The molecule has 0 radical (unpaired) electrons. The zero-order valence-electron chi connectivity index (χ0n) is 35.5. The van der Waals surface area contributed by atoms with Gasteiger partial charge in [0.25, 0.3) is 0 Å². The lowest BCUT2D eigenvalue weighted by atomic mass is 9.93. The van der Waals surface area contributed by atoms with E-state index in [1.54, 1.807) is 58.3 Å². The summed E-state index contributed by atoms with van der Waals surface area (Å²) in [5.74, 6) is 0. The minimum absolute atomic E-state index is 0.229. The van der Waals surface area contributed by atoms with Crippen molar-refractivity contribution < 1.29 is 22.3 Å². The van der Waals surface area contributed by atoms with Crippen molar-refractivity contribution in [1.29, 1.82) is 5.26 Å². The van der Waals surface area contributed by atoms with Crippen molar-refractivity contribution in [2.45, 2.75) is 12.2 Å². The largest absolute Gasteiger partial charge is 0.388 e. The van der Waals surface area contributed by atoms with Crippen LogP contribution in [0.1, 0.15) is 16.7 Å². The summed E-state index contributed by atoms with van der Waals surface area (Å²) in [6, 6.07) is 69.6. The van der Waals surface area contributed by atoms with Crippen molar-refractivity contribution in [1.82, 2.24) is 0 Å². The predicted molar refractivity (Wildman–Crippen MR) is 257 cm³/mol. The molecule has 0 saturated carbocycles. The van der Waals surface area contributed by atoms with Gasteiger partial charge in [0.15, 0.2) is 0 Å². The van der Waals surface area contributed by atoms with E-state index in [-0.39, 0.29) is 11.4 Å². The predicted octanol–water partition coefficient (Wildman–Crippen LogP) is 16.8. The minimum Gasteiger partial charge on any atom is -0.318 e. The average Bonchev–Trinajstić information content (AvgIpc) is 3.58. The lowest BCUT2D eigenvalue weighted by molar-refractivity contribution is -0.369. The molecule has 1 aliphatic heterocycles. The van der Waals surface area contributed by atoms with Crippen LogP contribution in [0.25, 0.3) is 49.4 Å². The summed E-state index contributed by atoms with van der Waals surface area (Å²) in [6.07, 6.45) is -9.31. The smallest absolute Gasteiger partial charge is 0.318 e. The second kappa shape index (κ2) is 17.3. The van der Waals surface area contributed by atoms with Gasteiger partial charge >= 0.3 is 12.2 Å². The van der Waals surface area contributed by atoms with Gasteiger partial charge in [-0.3, -0.25) is 0 Å². The van der Waals surface area contributed by atoms with Crippen molar-refractivity contribution in [2.24, 2.45) is 0 Å². The molecule has 1 heterocycles. The normalized spacial score (nSPS) is 13.2. The van der Waals surface area contributed by atoms with Gasteiger partial charge in [0, 0.05) is 22.7 Å². The quantitative estimate of drug-likeness (QED) is 0.101. The van der Waals surface area contributed by atoms with Gasteiger partial charge in [-0.25, -0.2) is 9.58 Å². The lowest BCUT2D eigenvalue weighted by Crippen LogP contribution is -2.21. The zero-order chi connectivity index (χ0) is 46.1. The molecule has 0 N–H and O–H groups in total. The summed E-state index contributed by atoms with van der Waals surface area (Å²) >= 11 is 0. The van der Waals surface area contributed by atoms with Crippen molar-refractivity contribution in [2.75, 3.05) is 9.80 Å². The van der Waals surface area contributed by atoms with Crippen LogP contribution in [-0.2, 0) is 17.0 Å². The van der Waals surface area contributed by atoms with Gasteiger partial charge in [0.1, 0.15) is 6.07 Å². The maximum Gasteiger partial charge on any atom is 0.388 e. The Kier molecular flexibility index (Phi) is 10.9. The van der Waals surface area contributed by atoms with E-state index in [1.807, 2.05) is 176 Å². The fourth-order valence-electron chi connectivity index (χ4n) is 8.74. The van der Waals surface area contributed by atoms with Crippen molar-refractivity contribution >= 4 is 39.8 Å². The minimum atomic E-state index is -4.66. The summed E-state index contributed by atoms with van der Waals surface area (Å²) in [5.41, 5.74) is 3.86. The SMILES string of the molecule is [C-]#[N+]c1c(N(c2ccc(-c3ccccc3)cc2)c2ccc(-c3ccccc3)cc2)c(N(c2ccc(-c3ccccc3)cc2)c2ccc(-c3ccccc3)cc2)c(C#N)c2c1C(F)(F)OC2(F)F. The molecule has 0 aliphatic carbocycles. The maximum atomic E-state index is 16.3. The number of benzene rings is 9. The van der Waals surface area contributed by atoms with Crippen LogP contribution in [0.5, 0.6) is 0 Å². The Morgan fingerprint density at radius 1 is 0.388 bits per heavy atom. The maximum absolute atomic E-state index is 16.3. The molecular formula is C58H36F4N4O. The molecule has 67 heavy (non-hydrogen) atoms. The van der Waals surface area contributed by atoms with Crippen LogP contribution >= 0.6 is 0 Å². The zero-order valence-corrected chi connectivity index (χ0v) is 35.5. The molecule has 5 nitrogen and oxygen atoms in total. The Bertz CT molecular complexity index is 2910. The fourth-order valence-corrected chi connectivity index (χ4v) is 8.74. The van der Waals surface area contributed by atoms with Crippen LogP contribution in [0.2, 0.25) is 0 Å². The highest BCUT2D eigenvalue weighted by Crippen LogP contribution is 2.63. The first-order valence-electron chi connectivity index (χ1n) is 21.4. The molecular weight excluding hydrogens is 845 g/mol. The summed E-state index contributed by atoms with van der Waals surface area (Å²) in [6.45, 7) is 8.65. The summed E-state index contributed by atoms with van der Waals surface area (Å²) in [7, 11) is 0. The molecule has 0 amide bonds. The van der Waals surface area contributed by atoms with Crippen molar-refractivity contribution in [3.05, 3.63) is 246 Å². The molecule has 0 bridgehead atoms. The van der Waals surface area contributed by atoms with E-state index in [0.717, 1.165) is 44.5 Å². The molecule has 0 fully saturated rings. The van der Waals surface area contributed by atoms with E-state index in [9.17, 15) is 5.26 Å². The first-order chi connectivity index (χ1) is 32.6. The summed E-state index contributed by atoms with van der Waals surface area (Å²) in [5, 5.41) is 11.2. The first kappa shape index (κ1) is 42.2. The van der Waals surface area contributed by atoms with Gasteiger partial charge in [0.2, 0.25) is 5.69 Å². The van der Waals surface area contributed by atoms with Crippen LogP contribution in [0.4, 0.5) is 57.4 Å². The molecule has 322 valence electrons. The van der Waals surface area contributed by atoms with Gasteiger partial charge < -0.3 is 9.80 Å². The van der Waals surface area contributed by atoms with Crippen molar-refractivity contribution in [3.63, 3.8) is 0 Å². The Morgan fingerprint density at radius 3 is 0.940 bits per heavy atom. The molecule has 9 aromatic rings. The average molecular weight is 881 g/mol. The van der Waals surface area contributed by atoms with Gasteiger partial charge in [-0.15, -0.1) is 0 Å². The molecule has 0 atom stereocenters. The third-order valence-corrected chi connectivity index (χ3v) is 11.9. The number of anilines is 6. The van der Waals surface area contributed by atoms with E-state index in [1.165, 1.54) is 0 Å².